The highest BCUT2D eigenvalue weighted by molar-refractivity contribution is 5.55. The van der Waals surface area contributed by atoms with Crippen LogP contribution in [0.3, 0.4) is 0 Å². The largest absolute Gasteiger partial charge is 0.364 e. The van der Waals surface area contributed by atoms with Crippen molar-refractivity contribution in [2.45, 2.75) is 25.8 Å². The molecule has 7 heteroatoms. The van der Waals surface area contributed by atoms with Gasteiger partial charge in [0.15, 0.2) is 5.82 Å². The van der Waals surface area contributed by atoms with Crippen molar-refractivity contribution in [2.24, 2.45) is 0 Å². The molecule has 0 radical (unpaired) electrons. The Bertz CT molecular complexity index is 711. The van der Waals surface area contributed by atoms with E-state index >= 15 is 0 Å². The average Bonchev–Trinajstić information content (AvgIpc) is 2.87. The Morgan fingerprint density at radius 1 is 1.48 bits per heavy atom. The smallest absolute Gasteiger partial charge is 0.272 e. The van der Waals surface area contributed by atoms with E-state index in [2.05, 4.69) is 24.0 Å². The number of H-pyrrole nitrogens is 1. The van der Waals surface area contributed by atoms with E-state index in [1.165, 1.54) is 12.1 Å². The van der Waals surface area contributed by atoms with Gasteiger partial charge in [-0.2, -0.15) is 5.10 Å². The molecule has 2 heterocycles. The van der Waals surface area contributed by atoms with Crippen molar-refractivity contribution < 1.29 is 9.31 Å². The molecule has 0 spiro atoms. The summed E-state index contributed by atoms with van der Waals surface area (Å²) >= 11 is 0. The van der Waals surface area contributed by atoms with Gasteiger partial charge in [0.25, 0.3) is 5.69 Å². The van der Waals surface area contributed by atoms with Crippen LogP contribution in [0.25, 0.3) is 0 Å². The van der Waals surface area contributed by atoms with E-state index in [1.54, 1.807) is 6.20 Å². The molecule has 0 aliphatic carbocycles. The van der Waals surface area contributed by atoms with Gasteiger partial charge in [0.05, 0.1) is 22.9 Å². The summed E-state index contributed by atoms with van der Waals surface area (Å²) in [4.78, 5) is 12.0. The Morgan fingerprint density at radius 3 is 2.90 bits per heavy atom. The number of benzene rings is 1. The molecule has 1 aromatic heterocycles. The summed E-state index contributed by atoms with van der Waals surface area (Å²) in [5.41, 5.74) is 2.01. The first-order chi connectivity index (χ1) is 9.88. The molecule has 0 saturated carbocycles. The standard InChI is InChI=1S/C14H15FN4O2/c1-14(2)8-18(7-9-6-16-17-13(9)14)12-4-3-10(19(20)21)5-11(12)15/h3-6H,7-8H2,1-2H3,(H,16,17). The second-order valence-corrected chi connectivity index (χ2v) is 5.90. The van der Waals surface area contributed by atoms with Gasteiger partial charge >= 0.3 is 0 Å². The first-order valence-electron chi connectivity index (χ1n) is 6.60. The number of nitro benzene ring substituents is 1. The fourth-order valence-corrected chi connectivity index (χ4v) is 2.87. The number of nitrogens with zero attached hydrogens (tertiary/aromatic N) is 3. The normalized spacial score (nSPS) is 16.6. The number of aromatic nitrogens is 2. The Morgan fingerprint density at radius 2 is 2.24 bits per heavy atom. The SMILES string of the molecule is CC1(C)CN(c2ccc([N+](=O)[O-])cc2F)Cc2cn[nH]c21. The van der Waals surface area contributed by atoms with Gasteiger partial charge in [-0.3, -0.25) is 15.2 Å². The van der Waals surface area contributed by atoms with E-state index < -0.39 is 10.7 Å². The predicted octanol–water partition coefficient (Wildman–Crippen LogP) is 2.75. The summed E-state index contributed by atoms with van der Waals surface area (Å²) in [6.07, 6.45) is 1.74. The second kappa shape index (κ2) is 4.54. The quantitative estimate of drug-likeness (QED) is 0.681. The van der Waals surface area contributed by atoms with Crippen molar-refractivity contribution in [3.63, 3.8) is 0 Å². The zero-order valence-electron chi connectivity index (χ0n) is 11.8. The highest BCUT2D eigenvalue weighted by Crippen LogP contribution is 2.35. The van der Waals surface area contributed by atoms with Crippen LogP contribution >= 0.6 is 0 Å². The van der Waals surface area contributed by atoms with Gasteiger partial charge in [-0.15, -0.1) is 0 Å². The number of hydrogen-bond donors (Lipinski definition) is 1. The van der Waals surface area contributed by atoms with Crippen LogP contribution in [0, 0.1) is 15.9 Å². The molecular formula is C14H15FN4O2. The number of rotatable bonds is 2. The number of anilines is 1. The van der Waals surface area contributed by atoms with Crippen LogP contribution in [0.2, 0.25) is 0 Å². The van der Waals surface area contributed by atoms with Crippen molar-refractivity contribution in [3.8, 4) is 0 Å². The summed E-state index contributed by atoms with van der Waals surface area (Å²) in [6, 6.07) is 3.76. The van der Waals surface area contributed by atoms with Crippen molar-refractivity contribution >= 4 is 11.4 Å². The topological polar surface area (TPSA) is 75.1 Å². The number of nitro groups is 1. The van der Waals surface area contributed by atoms with E-state index in [-0.39, 0.29) is 11.1 Å². The lowest BCUT2D eigenvalue weighted by atomic mass is 9.83. The lowest BCUT2D eigenvalue weighted by molar-refractivity contribution is -0.385. The summed E-state index contributed by atoms with van der Waals surface area (Å²) in [5, 5.41) is 17.7. The van der Waals surface area contributed by atoms with Gasteiger partial charge in [-0.05, 0) is 6.07 Å². The highest BCUT2D eigenvalue weighted by Gasteiger charge is 2.34. The van der Waals surface area contributed by atoms with E-state index in [9.17, 15) is 14.5 Å². The van der Waals surface area contributed by atoms with Gasteiger partial charge in [-0.25, -0.2) is 4.39 Å². The Kier molecular flexibility index (Phi) is 2.93. The number of nitrogens with one attached hydrogen (secondary N) is 1. The van der Waals surface area contributed by atoms with Crippen molar-refractivity contribution in [2.75, 3.05) is 11.4 Å². The summed E-state index contributed by atoms with van der Waals surface area (Å²) in [6.45, 7) is 5.25. The monoisotopic (exact) mass is 290 g/mol. The maximum atomic E-state index is 14.2. The molecule has 0 bridgehead atoms. The van der Waals surface area contributed by atoms with Gasteiger partial charge in [-0.1, -0.05) is 13.8 Å². The Hall–Kier alpha value is -2.44. The third-order valence-electron chi connectivity index (χ3n) is 3.82. The molecule has 6 nitrogen and oxygen atoms in total. The molecule has 21 heavy (non-hydrogen) atoms. The van der Waals surface area contributed by atoms with Crippen LogP contribution in [-0.2, 0) is 12.0 Å². The maximum absolute atomic E-state index is 14.2. The number of non-ortho nitro benzene ring substituents is 1. The van der Waals surface area contributed by atoms with Crippen molar-refractivity contribution in [3.05, 3.63) is 51.6 Å². The minimum absolute atomic E-state index is 0.196. The number of halogens is 1. The molecule has 1 aliphatic heterocycles. The number of hydrogen-bond acceptors (Lipinski definition) is 4. The Labute approximate surface area is 120 Å². The minimum Gasteiger partial charge on any atom is -0.364 e. The van der Waals surface area contributed by atoms with E-state index in [4.69, 9.17) is 0 Å². The van der Waals surface area contributed by atoms with Gasteiger partial charge < -0.3 is 4.90 Å². The third-order valence-corrected chi connectivity index (χ3v) is 3.82. The molecule has 0 saturated heterocycles. The van der Waals surface area contributed by atoms with E-state index in [0.29, 0.717) is 18.8 Å². The van der Waals surface area contributed by atoms with Crippen LogP contribution in [0.15, 0.2) is 24.4 Å². The molecule has 0 amide bonds. The molecule has 110 valence electrons. The highest BCUT2D eigenvalue weighted by atomic mass is 19.1. The van der Waals surface area contributed by atoms with E-state index in [1.807, 2.05) is 4.90 Å². The molecular weight excluding hydrogens is 275 g/mol. The number of aromatic amines is 1. The van der Waals surface area contributed by atoms with Crippen LogP contribution < -0.4 is 4.90 Å². The van der Waals surface area contributed by atoms with Crippen LogP contribution in [0.5, 0.6) is 0 Å². The summed E-state index contributed by atoms with van der Waals surface area (Å²) in [5.74, 6) is -0.577. The molecule has 0 unspecified atom stereocenters. The lowest BCUT2D eigenvalue weighted by Crippen LogP contribution is -2.42. The molecule has 3 rings (SSSR count). The molecule has 0 fully saturated rings. The maximum Gasteiger partial charge on any atom is 0.272 e. The predicted molar refractivity (Wildman–Crippen MR) is 75.7 cm³/mol. The molecule has 2 aromatic rings. The summed E-state index contributed by atoms with van der Waals surface area (Å²) < 4.78 is 14.2. The second-order valence-electron chi connectivity index (χ2n) is 5.90. The van der Waals surface area contributed by atoms with Crippen molar-refractivity contribution in [1.29, 1.82) is 0 Å². The van der Waals surface area contributed by atoms with Gasteiger partial charge in [0, 0.05) is 35.8 Å². The van der Waals surface area contributed by atoms with Crippen molar-refractivity contribution in [1.82, 2.24) is 10.2 Å². The summed E-state index contributed by atoms with van der Waals surface area (Å²) in [7, 11) is 0. The molecule has 1 aromatic carbocycles. The number of fused-ring (bicyclic) bond motifs is 1. The molecule has 1 N–H and O–H groups in total. The van der Waals surface area contributed by atoms with Gasteiger partial charge in [0.2, 0.25) is 0 Å². The fourth-order valence-electron chi connectivity index (χ4n) is 2.87. The van der Waals surface area contributed by atoms with E-state index in [0.717, 1.165) is 17.3 Å². The zero-order chi connectivity index (χ0) is 15.2. The van der Waals surface area contributed by atoms with Crippen LogP contribution in [0.4, 0.5) is 15.8 Å². The molecule has 1 aliphatic rings. The average molecular weight is 290 g/mol. The lowest BCUT2D eigenvalue weighted by Gasteiger charge is -2.38. The zero-order valence-corrected chi connectivity index (χ0v) is 11.8. The Balaban J connectivity index is 1.98. The minimum atomic E-state index is -0.596. The first kappa shape index (κ1) is 13.5. The third kappa shape index (κ3) is 2.24. The fraction of sp³-hybridized carbons (Fsp3) is 0.357. The van der Waals surface area contributed by atoms with Crippen LogP contribution in [-0.4, -0.2) is 21.7 Å². The first-order valence-corrected chi connectivity index (χ1v) is 6.60. The molecule has 0 atom stereocenters. The van der Waals surface area contributed by atoms with Crippen LogP contribution in [0.1, 0.15) is 25.1 Å². The van der Waals surface area contributed by atoms with Gasteiger partial charge in [0.1, 0.15) is 0 Å².